The number of carbonyl (C=O) groups excluding carboxylic acids is 4. The number of aromatic nitrogens is 2. The maximum atomic E-state index is 14.7. The van der Waals surface area contributed by atoms with Crippen LogP contribution in [0.5, 0.6) is 5.75 Å². The van der Waals surface area contributed by atoms with E-state index in [0.29, 0.717) is 44.2 Å². The van der Waals surface area contributed by atoms with E-state index >= 15 is 0 Å². The van der Waals surface area contributed by atoms with Gasteiger partial charge in [0, 0.05) is 67.9 Å². The molecule has 2 aromatic heterocycles. The molecule has 1 aliphatic heterocycles. The fourth-order valence-electron chi connectivity index (χ4n) is 8.39. The molecule has 2 fully saturated rings. The molecule has 70 heavy (non-hydrogen) atoms. The number of aliphatic hydroxyl groups is 1. The topological polar surface area (TPSA) is 208 Å². The third-order valence-electron chi connectivity index (χ3n) is 12.6. The molecule has 3 aromatic carbocycles. The first kappa shape index (κ1) is 51.8. The number of para-hydroxylation sites is 1. The summed E-state index contributed by atoms with van der Waals surface area (Å²) in [6, 6.07) is 19.8. The third kappa shape index (κ3) is 13.9. The third-order valence-corrected chi connectivity index (χ3v) is 13.6. The standard InChI is InChI=1S/C52H64FN7O9S/c1-34-46(70-33-56-34)37-14-15-39(30-55-48(63)43-28-40(61)32-60(43)49(64)47(51(2,3)4)57-50(65)52(53)18-19-52)44(27-37)69-26-25-68-24-23-67-22-21-59(20-17-38-29-54-42-8-6-5-7-41(38)42)31-36-11-9-35(10-12-36)13-16-45(62)58-66/h5-16,27,29,33,40,43,47,54,61,66H,17-26,28,30-32H2,1-4H3,(H,55,63)(H,57,65)(H,58,62)/b16-13+/t40-,43+,47-/m1/s1. The van der Waals surface area contributed by atoms with Crippen LogP contribution in [0, 0.1) is 12.3 Å². The number of hydrogen-bond acceptors (Lipinski definition) is 12. The number of rotatable bonds is 24. The van der Waals surface area contributed by atoms with E-state index in [4.69, 9.17) is 19.4 Å². The van der Waals surface area contributed by atoms with Crippen LogP contribution in [0.15, 0.2) is 84.5 Å². The molecule has 16 nitrogen and oxygen atoms in total. The van der Waals surface area contributed by atoms with Crippen LogP contribution in [0.2, 0.25) is 0 Å². The highest BCUT2D eigenvalue weighted by atomic mass is 32.1. The van der Waals surface area contributed by atoms with Crippen molar-refractivity contribution in [1.82, 2.24) is 35.9 Å². The monoisotopic (exact) mass is 981 g/mol. The number of benzene rings is 3. The zero-order valence-corrected chi connectivity index (χ0v) is 41.0. The number of β-amino-alcohol motifs (C(OH)–C–C–N with tert-alkyl or cyclic N) is 1. The van der Waals surface area contributed by atoms with Gasteiger partial charge in [0.25, 0.3) is 11.8 Å². The number of aliphatic hydroxyl groups excluding tert-OH is 1. The fraction of sp³-hybridized carbons (Fsp3) is 0.442. The zero-order chi connectivity index (χ0) is 49.8. The molecular weight excluding hydrogens is 918 g/mol. The SMILES string of the molecule is Cc1ncsc1-c1ccc(CNC(=O)[C@@H]2C[C@@H](O)CN2C(=O)[C@@H](NC(=O)C2(F)CC2)C(C)(C)C)c(OCCOCCOCCN(CCc2c[nH]c3ccccc23)Cc2ccc(/C=C/C(=O)NO)cc2)c1. The smallest absolute Gasteiger partial charge is 0.267 e. The molecule has 3 atom stereocenters. The Balaban J connectivity index is 0.903. The molecule has 0 radical (unpaired) electrons. The van der Waals surface area contributed by atoms with E-state index in [0.717, 1.165) is 45.7 Å². The number of carbonyl (C=O) groups is 4. The summed E-state index contributed by atoms with van der Waals surface area (Å²) in [6.45, 7) is 11.1. The molecule has 3 heterocycles. The Morgan fingerprint density at radius 2 is 1.74 bits per heavy atom. The molecular formula is C52H64FN7O9S. The van der Waals surface area contributed by atoms with Crippen molar-refractivity contribution >= 4 is 51.9 Å². The first-order valence-corrected chi connectivity index (χ1v) is 24.6. The Morgan fingerprint density at radius 3 is 2.46 bits per heavy atom. The summed E-state index contributed by atoms with van der Waals surface area (Å²) in [6.07, 6.45) is 5.07. The average molecular weight is 982 g/mol. The first-order valence-electron chi connectivity index (χ1n) is 23.7. The maximum Gasteiger partial charge on any atom is 0.267 e. The molecule has 18 heteroatoms. The summed E-state index contributed by atoms with van der Waals surface area (Å²) in [7, 11) is 0. The van der Waals surface area contributed by atoms with Crippen LogP contribution in [0.3, 0.4) is 0 Å². The fourth-order valence-corrected chi connectivity index (χ4v) is 9.19. The van der Waals surface area contributed by atoms with Gasteiger partial charge >= 0.3 is 0 Å². The van der Waals surface area contributed by atoms with Gasteiger partial charge in [0.2, 0.25) is 11.8 Å². The number of aromatic amines is 1. The number of H-pyrrole nitrogens is 1. The van der Waals surface area contributed by atoms with Crippen molar-refractivity contribution in [2.45, 2.75) is 90.3 Å². The van der Waals surface area contributed by atoms with Crippen LogP contribution < -0.4 is 20.9 Å². The number of amides is 4. The Labute approximate surface area is 411 Å². The van der Waals surface area contributed by atoms with Crippen LogP contribution >= 0.6 is 11.3 Å². The number of aryl methyl sites for hydroxylation is 1. The minimum atomic E-state index is -1.98. The summed E-state index contributed by atoms with van der Waals surface area (Å²) in [5.41, 5.74) is 7.36. The zero-order valence-electron chi connectivity index (χ0n) is 40.2. The maximum absolute atomic E-state index is 14.7. The van der Waals surface area contributed by atoms with Gasteiger partial charge in [0.15, 0.2) is 5.67 Å². The van der Waals surface area contributed by atoms with Crippen LogP contribution in [-0.2, 0) is 48.2 Å². The Hall–Kier alpha value is -6.02. The number of hydrogen-bond donors (Lipinski definition) is 6. The molecule has 6 N–H and O–H groups in total. The van der Waals surface area contributed by atoms with Crippen molar-refractivity contribution < 1.29 is 48.1 Å². The van der Waals surface area contributed by atoms with E-state index in [1.807, 2.05) is 61.5 Å². The van der Waals surface area contributed by atoms with Gasteiger partial charge < -0.3 is 39.8 Å². The molecule has 1 aliphatic carbocycles. The number of thiazole rings is 1. The molecule has 0 spiro atoms. The quantitative estimate of drug-likeness (QED) is 0.0186. The second-order valence-electron chi connectivity index (χ2n) is 19.0. The lowest BCUT2D eigenvalue weighted by Crippen LogP contribution is -2.59. The van der Waals surface area contributed by atoms with Gasteiger partial charge in [-0.05, 0) is 72.1 Å². The Morgan fingerprint density at radius 1 is 1.00 bits per heavy atom. The van der Waals surface area contributed by atoms with Gasteiger partial charge in [-0.1, -0.05) is 75.4 Å². The average Bonchev–Trinajstić information content (AvgIpc) is 3.60. The minimum Gasteiger partial charge on any atom is -0.491 e. The lowest BCUT2D eigenvalue weighted by Gasteiger charge is -2.35. The van der Waals surface area contributed by atoms with Gasteiger partial charge in [-0.3, -0.25) is 29.3 Å². The largest absolute Gasteiger partial charge is 0.491 e. The highest BCUT2D eigenvalue weighted by Crippen LogP contribution is 2.40. The second kappa shape index (κ2) is 23.7. The molecule has 0 bridgehead atoms. The number of fused-ring (bicyclic) bond motifs is 1. The molecule has 4 amide bonds. The van der Waals surface area contributed by atoms with E-state index in [1.54, 1.807) is 37.8 Å². The predicted octanol–water partition coefficient (Wildman–Crippen LogP) is 5.89. The molecule has 1 saturated carbocycles. The molecule has 7 rings (SSSR count). The normalized spacial score (nSPS) is 17.0. The lowest BCUT2D eigenvalue weighted by molar-refractivity contribution is -0.145. The van der Waals surface area contributed by atoms with Gasteiger partial charge in [-0.15, -0.1) is 11.3 Å². The second-order valence-corrected chi connectivity index (χ2v) is 19.8. The van der Waals surface area contributed by atoms with E-state index in [1.165, 1.54) is 33.3 Å². The highest BCUT2D eigenvalue weighted by Gasteiger charge is 2.53. The van der Waals surface area contributed by atoms with Crippen molar-refractivity contribution in [3.8, 4) is 16.2 Å². The van der Waals surface area contributed by atoms with Crippen LogP contribution in [0.1, 0.15) is 68.0 Å². The molecule has 374 valence electrons. The van der Waals surface area contributed by atoms with Crippen LogP contribution in [0.25, 0.3) is 27.4 Å². The number of ether oxygens (including phenoxy) is 3. The van der Waals surface area contributed by atoms with Gasteiger partial charge in [-0.25, -0.2) is 14.9 Å². The van der Waals surface area contributed by atoms with Gasteiger partial charge in [0.1, 0.15) is 24.4 Å². The van der Waals surface area contributed by atoms with Crippen LogP contribution in [-0.4, -0.2) is 130 Å². The number of halogens is 1. The Bertz CT molecular complexity index is 2610. The molecule has 1 saturated heterocycles. The number of nitrogens with zero attached hydrogens (tertiary/aromatic N) is 3. The van der Waals surface area contributed by atoms with E-state index in [2.05, 4.69) is 43.8 Å². The van der Waals surface area contributed by atoms with Crippen molar-refractivity contribution in [3.05, 3.63) is 112 Å². The van der Waals surface area contributed by atoms with E-state index in [-0.39, 0.29) is 45.6 Å². The molecule has 0 unspecified atom stereocenters. The Kier molecular flexibility index (Phi) is 17.6. The predicted molar refractivity (Wildman–Crippen MR) is 265 cm³/mol. The summed E-state index contributed by atoms with van der Waals surface area (Å²) >= 11 is 1.51. The number of likely N-dealkylation sites (tertiary alicyclic amines) is 1. The molecule has 2 aliphatic rings. The lowest BCUT2D eigenvalue weighted by atomic mass is 9.85. The minimum absolute atomic E-state index is 0.0118. The van der Waals surface area contributed by atoms with Crippen molar-refractivity contribution in [2.75, 3.05) is 52.7 Å². The highest BCUT2D eigenvalue weighted by molar-refractivity contribution is 7.13. The summed E-state index contributed by atoms with van der Waals surface area (Å²) in [5.74, 6) is -1.92. The van der Waals surface area contributed by atoms with Gasteiger partial charge in [-0.2, -0.15) is 0 Å². The van der Waals surface area contributed by atoms with Crippen molar-refractivity contribution in [2.24, 2.45) is 5.41 Å². The summed E-state index contributed by atoms with van der Waals surface area (Å²) in [4.78, 5) is 64.3. The van der Waals surface area contributed by atoms with E-state index in [9.17, 15) is 28.7 Å². The van der Waals surface area contributed by atoms with E-state index < -0.39 is 52.9 Å². The number of nitrogens with one attached hydrogen (secondary N) is 4. The first-order chi connectivity index (χ1) is 33.6. The number of hydroxylamine groups is 1. The van der Waals surface area contributed by atoms with Crippen molar-refractivity contribution in [3.63, 3.8) is 0 Å². The number of alkyl halides is 1. The summed E-state index contributed by atoms with van der Waals surface area (Å²) in [5, 5.41) is 26.2. The van der Waals surface area contributed by atoms with Crippen molar-refractivity contribution in [1.29, 1.82) is 0 Å². The molecule has 5 aromatic rings. The van der Waals surface area contributed by atoms with Gasteiger partial charge in [0.05, 0.1) is 48.6 Å². The van der Waals surface area contributed by atoms with Crippen LogP contribution in [0.4, 0.5) is 4.39 Å². The summed E-state index contributed by atoms with van der Waals surface area (Å²) < 4.78 is 32.9.